The molecule has 1 aromatic carbocycles. The van der Waals surface area contributed by atoms with Crippen molar-refractivity contribution in [3.63, 3.8) is 0 Å². The predicted octanol–water partition coefficient (Wildman–Crippen LogP) is 3.24. The van der Waals surface area contributed by atoms with Gasteiger partial charge in [-0.1, -0.05) is 13.0 Å². The van der Waals surface area contributed by atoms with E-state index in [0.29, 0.717) is 12.0 Å². The van der Waals surface area contributed by atoms with E-state index in [1.54, 1.807) is 0 Å². The summed E-state index contributed by atoms with van der Waals surface area (Å²) in [5.41, 5.74) is 9.37. The maximum atomic E-state index is 6.02. The fraction of sp³-hybridized carbons (Fsp3) is 0.462. The fourth-order valence-corrected chi connectivity index (χ4v) is 2.78. The minimum absolute atomic E-state index is 0.382. The Labute approximate surface area is 106 Å². The first-order valence-electron chi connectivity index (χ1n) is 5.95. The molecule has 0 aliphatic carbocycles. The van der Waals surface area contributed by atoms with Crippen molar-refractivity contribution in [1.29, 1.82) is 0 Å². The first-order chi connectivity index (χ1) is 8.13. The van der Waals surface area contributed by atoms with Crippen LogP contribution in [-0.2, 0) is 0 Å². The lowest BCUT2D eigenvalue weighted by molar-refractivity contribution is 0.637. The van der Waals surface area contributed by atoms with Crippen LogP contribution >= 0.6 is 11.8 Å². The van der Waals surface area contributed by atoms with Crippen molar-refractivity contribution in [1.82, 2.24) is 9.55 Å². The topological polar surface area (TPSA) is 43.8 Å². The summed E-state index contributed by atoms with van der Waals surface area (Å²) >= 11 is 1.93. The Bertz CT molecular complexity index is 519. The van der Waals surface area contributed by atoms with Gasteiger partial charge in [-0.2, -0.15) is 11.8 Å². The summed E-state index contributed by atoms with van der Waals surface area (Å²) in [4.78, 5) is 4.43. The number of fused-ring (bicyclic) bond motifs is 1. The Morgan fingerprint density at radius 3 is 2.94 bits per heavy atom. The van der Waals surface area contributed by atoms with Gasteiger partial charge in [-0.15, -0.1) is 0 Å². The average molecular weight is 249 g/mol. The van der Waals surface area contributed by atoms with Crippen LogP contribution < -0.4 is 5.73 Å². The monoisotopic (exact) mass is 249 g/mol. The molecule has 0 bridgehead atoms. The molecule has 92 valence electrons. The summed E-state index contributed by atoms with van der Waals surface area (Å²) in [6, 6.07) is 6.69. The molecule has 4 heteroatoms. The highest BCUT2D eigenvalue weighted by Gasteiger charge is 2.13. The minimum atomic E-state index is 0.382. The lowest BCUT2D eigenvalue weighted by Crippen LogP contribution is -2.11. The van der Waals surface area contributed by atoms with E-state index in [9.17, 15) is 0 Å². The number of nitrogen functional groups attached to an aromatic ring is 1. The number of imidazole rings is 1. The lowest BCUT2D eigenvalue weighted by atomic mass is 10.2. The maximum absolute atomic E-state index is 6.02. The van der Waals surface area contributed by atoms with Gasteiger partial charge in [0.1, 0.15) is 0 Å². The quantitative estimate of drug-likeness (QED) is 0.904. The molecule has 0 amide bonds. The average Bonchev–Trinajstić information content (AvgIpc) is 2.61. The predicted molar refractivity (Wildman–Crippen MR) is 76.6 cm³/mol. The van der Waals surface area contributed by atoms with E-state index < -0.39 is 0 Å². The third-order valence-electron chi connectivity index (χ3n) is 2.88. The van der Waals surface area contributed by atoms with Crippen molar-refractivity contribution in [3.05, 3.63) is 23.8 Å². The van der Waals surface area contributed by atoms with Crippen molar-refractivity contribution >= 4 is 28.7 Å². The Morgan fingerprint density at radius 2 is 2.24 bits per heavy atom. The maximum Gasteiger partial charge on any atom is 0.201 e. The standard InChI is InChI=1S/C13H19N3S/c1-4-17-8-10(3)16-12-6-5-9(2)7-11(12)15-13(16)14/h5-7,10H,4,8H2,1-3H3,(H2,14,15). The Hall–Kier alpha value is -1.16. The molecule has 0 aliphatic rings. The second kappa shape index (κ2) is 5.00. The zero-order valence-corrected chi connectivity index (χ0v) is 11.4. The third-order valence-corrected chi connectivity index (χ3v) is 4.00. The van der Waals surface area contributed by atoms with Crippen LogP contribution in [-0.4, -0.2) is 21.1 Å². The van der Waals surface area contributed by atoms with Gasteiger partial charge in [-0.3, -0.25) is 0 Å². The molecule has 0 radical (unpaired) electrons. The summed E-state index contributed by atoms with van der Waals surface area (Å²) in [6.07, 6.45) is 0. The molecule has 1 heterocycles. The van der Waals surface area contributed by atoms with Crippen molar-refractivity contribution in [3.8, 4) is 0 Å². The zero-order chi connectivity index (χ0) is 12.4. The van der Waals surface area contributed by atoms with Gasteiger partial charge >= 0.3 is 0 Å². The smallest absolute Gasteiger partial charge is 0.201 e. The number of hydrogen-bond donors (Lipinski definition) is 1. The van der Waals surface area contributed by atoms with Crippen LogP contribution in [0.2, 0.25) is 0 Å². The largest absolute Gasteiger partial charge is 0.369 e. The molecule has 0 aliphatic heterocycles. The van der Waals surface area contributed by atoms with Gasteiger partial charge in [0.2, 0.25) is 5.95 Å². The Morgan fingerprint density at radius 1 is 1.47 bits per heavy atom. The number of nitrogens with two attached hydrogens (primary N) is 1. The third kappa shape index (κ3) is 2.41. The number of aryl methyl sites for hydroxylation is 1. The molecule has 0 saturated carbocycles. The molecular weight excluding hydrogens is 230 g/mol. The molecule has 0 fully saturated rings. The number of benzene rings is 1. The zero-order valence-electron chi connectivity index (χ0n) is 10.6. The van der Waals surface area contributed by atoms with E-state index in [-0.39, 0.29) is 0 Å². The molecule has 0 saturated heterocycles. The number of aromatic nitrogens is 2. The van der Waals surface area contributed by atoms with Gasteiger partial charge in [-0.05, 0) is 37.3 Å². The number of thioether (sulfide) groups is 1. The van der Waals surface area contributed by atoms with E-state index in [4.69, 9.17) is 5.73 Å². The van der Waals surface area contributed by atoms with Gasteiger partial charge in [0.15, 0.2) is 0 Å². The van der Waals surface area contributed by atoms with Crippen LogP contribution in [0.15, 0.2) is 18.2 Å². The van der Waals surface area contributed by atoms with Crippen molar-refractivity contribution in [2.75, 3.05) is 17.2 Å². The normalized spacial score (nSPS) is 13.1. The Balaban J connectivity index is 2.42. The van der Waals surface area contributed by atoms with Crippen LogP contribution in [0.3, 0.4) is 0 Å². The molecule has 1 unspecified atom stereocenters. The minimum Gasteiger partial charge on any atom is -0.369 e. The lowest BCUT2D eigenvalue weighted by Gasteiger charge is -2.15. The summed E-state index contributed by atoms with van der Waals surface area (Å²) in [5, 5.41) is 0. The summed E-state index contributed by atoms with van der Waals surface area (Å²) < 4.78 is 2.14. The fourth-order valence-electron chi connectivity index (χ4n) is 2.05. The molecule has 2 N–H and O–H groups in total. The van der Waals surface area contributed by atoms with Gasteiger partial charge in [0.25, 0.3) is 0 Å². The highest BCUT2D eigenvalue weighted by Crippen LogP contribution is 2.25. The van der Waals surface area contributed by atoms with Gasteiger partial charge in [0.05, 0.1) is 11.0 Å². The van der Waals surface area contributed by atoms with E-state index in [1.807, 2.05) is 11.8 Å². The molecule has 1 atom stereocenters. The summed E-state index contributed by atoms with van der Waals surface area (Å²) in [7, 11) is 0. The first-order valence-corrected chi connectivity index (χ1v) is 7.10. The molecule has 1 aromatic heterocycles. The number of anilines is 1. The van der Waals surface area contributed by atoms with Crippen molar-refractivity contribution in [2.24, 2.45) is 0 Å². The van der Waals surface area contributed by atoms with Crippen LogP contribution in [0.4, 0.5) is 5.95 Å². The van der Waals surface area contributed by atoms with Gasteiger partial charge in [0, 0.05) is 11.8 Å². The number of hydrogen-bond acceptors (Lipinski definition) is 3. The van der Waals surface area contributed by atoms with Crippen LogP contribution in [0.1, 0.15) is 25.5 Å². The first kappa shape index (κ1) is 12.3. The van der Waals surface area contributed by atoms with Gasteiger partial charge in [-0.25, -0.2) is 4.98 Å². The van der Waals surface area contributed by atoms with Gasteiger partial charge < -0.3 is 10.3 Å². The van der Waals surface area contributed by atoms with E-state index in [1.165, 1.54) is 5.56 Å². The van der Waals surface area contributed by atoms with E-state index in [2.05, 4.69) is 48.5 Å². The van der Waals surface area contributed by atoms with Crippen molar-refractivity contribution in [2.45, 2.75) is 26.8 Å². The summed E-state index contributed by atoms with van der Waals surface area (Å²) in [5.74, 6) is 2.82. The van der Waals surface area contributed by atoms with E-state index >= 15 is 0 Å². The molecule has 17 heavy (non-hydrogen) atoms. The molecule has 2 rings (SSSR count). The molecule has 0 spiro atoms. The SMILES string of the molecule is CCSCC(C)n1c(N)nc2cc(C)ccc21. The summed E-state index contributed by atoms with van der Waals surface area (Å²) in [6.45, 7) is 6.45. The number of rotatable bonds is 4. The highest BCUT2D eigenvalue weighted by molar-refractivity contribution is 7.99. The molecule has 3 nitrogen and oxygen atoms in total. The highest BCUT2D eigenvalue weighted by atomic mass is 32.2. The van der Waals surface area contributed by atoms with Crippen LogP contribution in [0.5, 0.6) is 0 Å². The second-order valence-electron chi connectivity index (χ2n) is 4.34. The molecule has 2 aromatic rings. The van der Waals surface area contributed by atoms with Crippen LogP contribution in [0, 0.1) is 6.92 Å². The molecular formula is C13H19N3S. The second-order valence-corrected chi connectivity index (χ2v) is 5.66. The van der Waals surface area contributed by atoms with Crippen molar-refractivity contribution < 1.29 is 0 Å². The van der Waals surface area contributed by atoms with E-state index in [0.717, 1.165) is 22.5 Å². The Kier molecular flexibility index (Phi) is 3.62. The van der Waals surface area contributed by atoms with Crippen LogP contribution in [0.25, 0.3) is 11.0 Å². The number of nitrogens with zero attached hydrogens (tertiary/aromatic N) is 2.